The zero-order valence-corrected chi connectivity index (χ0v) is 22.0. The number of aliphatic hydroxyl groups is 1. The highest BCUT2D eigenvalue weighted by Gasteiger charge is 2.23. The standard InChI is InChI=1S/C26H26ClN3O4S2/c1-2-3-9-23-28-24(27)22(17-31)29(23)16-18-10-12-19(13-11-18)21-14-15-35-26(21)30(36(33)34)25(32)20-7-5-4-6-8-20/h4-8,10-15,31H,2-3,9,16-17H2,1H3,(H,33,34)/p-1. The number of aryl methyl sites for hydroxylation is 1. The van der Waals surface area contributed by atoms with E-state index in [2.05, 4.69) is 11.9 Å². The van der Waals surface area contributed by atoms with Crippen molar-refractivity contribution in [2.24, 2.45) is 0 Å². The Balaban J connectivity index is 1.62. The Hall–Kier alpha value is -2.82. The highest BCUT2D eigenvalue weighted by molar-refractivity contribution is 7.81. The van der Waals surface area contributed by atoms with Crippen molar-refractivity contribution >= 4 is 45.1 Å². The number of benzene rings is 2. The molecule has 0 saturated carbocycles. The third kappa shape index (κ3) is 5.61. The molecule has 0 fully saturated rings. The number of carbonyl (C=O) groups is 1. The predicted molar refractivity (Wildman–Crippen MR) is 143 cm³/mol. The smallest absolute Gasteiger partial charge is 0.270 e. The van der Waals surface area contributed by atoms with E-state index in [4.69, 9.17) is 11.6 Å². The van der Waals surface area contributed by atoms with Gasteiger partial charge in [0.15, 0.2) is 5.15 Å². The van der Waals surface area contributed by atoms with Crippen LogP contribution in [-0.4, -0.2) is 29.3 Å². The number of imidazole rings is 1. The van der Waals surface area contributed by atoms with E-state index in [0.29, 0.717) is 28.0 Å². The number of hydrogen-bond donors (Lipinski definition) is 1. The summed E-state index contributed by atoms with van der Waals surface area (Å²) in [7, 11) is 0. The number of carbonyl (C=O) groups excluding carboxylic acids is 1. The van der Waals surface area contributed by atoms with Crippen molar-refractivity contribution in [1.82, 2.24) is 9.55 Å². The Morgan fingerprint density at radius 1 is 1.17 bits per heavy atom. The molecule has 7 nitrogen and oxygen atoms in total. The molecule has 0 aliphatic carbocycles. The molecule has 0 radical (unpaired) electrons. The highest BCUT2D eigenvalue weighted by atomic mass is 35.5. The van der Waals surface area contributed by atoms with Gasteiger partial charge in [-0.3, -0.25) is 9.00 Å². The van der Waals surface area contributed by atoms with E-state index >= 15 is 0 Å². The molecule has 36 heavy (non-hydrogen) atoms. The number of rotatable bonds is 10. The zero-order valence-electron chi connectivity index (χ0n) is 19.6. The molecule has 1 atom stereocenters. The van der Waals surface area contributed by atoms with Crippen molar-refractivity contribution in [3.63, 3.8) is 0 Å². The first-order valence-electron chi connectivity index (χ1n) is 11.4. The summed E-state index contributed by atoms with van der Waals surface area (Å²) in [6.45, 7) is 2.40. The zero-order chi connectivity index (χ0) is 25.7. The largest absolute Gasteiger partial charge is 0.755 e. The molecule has 4 aromatic rings. The number of amides is 1. The van der Waals surface area contributed by atoms with Crippen LogP contribution in [0.4, 0.5) is 5.00 Å². The number of hydrogen-bond acceptors (Lipinski definition) is 6. The fraction of sp³-hybridized carbons (Fsp3) is 0.231. The van der Waals surface area contributed by atoms with E-state index in [-0.39, 0.29) is 12.2 Å². The van der Waals surface area contributed by atoms with Crippen LogP contribution in [0.3, 0.4) is 0 Å². The second kappa shape index (κ2) is 11.9. The van der Waals surface area contributed by atoms with Gasteiger partial charge in [0, 0.05) is 24.1 Å². The van der Waals surface area contributed by atoms with Crippen LogP contribution < -0.4 is 4.31 Å². The molecular weight excluding hydrogens is 518 g/mol. The van der Waals surface area contributed by atoms with Crippen LogP contribution in [0.15, 0.2) is 66.0 Å². The summed E-state index contributed by atoms with van der Waals surface area (Å²) in [6.07, 6.45) is 2.76. The minimum Gasteiger partial charge on any atom is -0.755 e. The first-order chi connectivity index (χ1) is 17.4. The first-order valence-corrected chi connectivity index (χ1v) is 13.7. The number of thiophene rings is 1. The van der Waals surface area contributed by atoms with Crippen molar-refractivity contribution in [3.05, 3.63) is 93.8 Å². The minimum atomic E-state index is -2.79. The average molecular weight is 543 g/mol. The van der Waals surface area contributed by atoms with Crippen LogP contribution >= 0.6 is 22.9 Å². The molecule has 1 unspecified atom stereocenters. The van der Waals surface area contributed by atoms with E-state index in [1.807, 2.05) is 28.8 Å². The lowest BCUT2D eigenvalue weighted by molar-refractivity contribution is 0.101. The number of anilines is 1. The van der Waals surface area contributed by atoms with Gasteiger partial charge in [0.25, 0.3) is 5.91 Å². The maximum Gasteiger partial charge on any atom is 0.270 e. The lowest BCUT2D eigenvalue weighted by Gasteiger charge is -2.24. The second-order valence-electron chi connectivity index (χ2n) is 8.13. The van der Waals surface area contributed by atoms with Crippen molar-refractivity contribution in [1.29, 1.82) is 0 Å². The lowest BCUT2D eigenvalue weighted by atomic mass is 10.1. The van der Waals surface area contributed by atoms with Crippen LogP contribution in [0.25, 0.3) is 11.1 Å². The molecule has 2 aromatic heterocycles. The first kappa shape index (κ1) is 26.2. The van der Waals surface area contributed by atoms with Gasteiger partial charge < -0.3 is 14.2 Å². The molecule has 188 valence electrons. The molecule has 0 saturated heterocycles. The summed E-state index contributed by atoms with van der Waals surface area (Å²) in [4.78, 5) is 17.4. The molecule has 1 N–H and O–H groups in total. The van der Waals surface area contributed by atoms with Gasteiger partial charge in [-0.05, 0) is 41.1 Å². The average Bonchev–Trinajstić information content (AvgIpc) is 3.47. The molecule has 0 bridgehead atoms. The molecule has 0 spiro atoms. The van der Waals surface area contributed by atoms with Gasteiger partial charge in [-0.1, -0.05) is 67.4 Å². The summed E-state index contributed by atoms with van der Waals surface area (Å²) in [5, 5.41) is 12.2. The van der Waals surface area contributed by atoms with Crippen LogP contribution in [0.2, 0.25) is 5.15 Å². The Morgan fingerprint density at radius 3 is 2.53 bits per heavy atom. The Labute approximate surface area is 221 Å². The van der Waals surface area contributed by atoms with Gasteiger partial charge in [0.1, 0.15) is 10.8 Å². The highest BCUT2D eigenvalue weighted by Crippen LogP contribution is 2.37. The van der Waals surface area contributed by atoms with Crippen LogP contribution in [-0.2, 0) is 30.8 Å². The fourth-order valence-electron chi connectivity index (χ4n) is 3.94. The quantitative estimate of drug-likeness (QED) is 0.263. The van der Waals surface area contributed by atoms with Crippen molar-refractivity contribution in [2.75, 3.05) is 4.31 Å². The topological polar surface area (TPSA) is 98.5 Å². The van der Waals surface area contributed by atoms with Crippen molar-refractivity contribution in [3.8, 4) is 11.1 Å². The molecule has 0 aliphatic rings. The molecule has 10 heteroatoms. The van der Waals surface area contributed by atoms with E-state index in [1.165, 1.54) is 11.3 Å². The third-order valence-electron chi connectivity index (χ3n) is 5.80. The maximum atomic E-state index is 13.0. The fourth-order valence-corrected chi connectivity index (χ4v) is 5.81. The Kier molecular flexibility index (Phi) is 8.71. The van der Waals surface area contributed by atoms with Crippen molar-refractivity contribution in [2.45, 2.75) is 39.3 Å². The van der Waals surface area contributed by atoms with Crippen LogP contribution in [0.5, 0.6) is 0 Å². The summed E-state index contributed by atoms with van der Waals surface area (Å²) in [5.41, 5.74) is 3.27. The summed E-state index contributed by atoms with van der Waals surface area (Å²) >= 11 is 4.65. The Morgan fingerprint density at radius 2 is 1.89 bits per heavy atom. The van der Waals surface area contributed by atoms with E-state index < -0.39 is 17.2 Å². The number of unbranched alkanes of at least 4 members (excludes halogenated alkanes) is 1. The van der Waals surface area contributed by atoms with Crippen molar-refractivity contribution < 1.29 is 18.7 Å². The van der Waals surface area contributed by atoms with E-state index in [0.717, 1.165) is 40.5 Å². The second-order valence-corrected chi connectivity index (χ2v) is 10.2. The van der Waals surface area contributed by atoms with Gasteiger partial charge in [-0.2, -0.15) is 0 Å². The maximum absolute atomic E-state index is 13.0. The molecule has 2 aromatic carbocycles. The summed E-state index contributed by atoms with van der Waals surface area (Å²) in [5.74, 6) is 0.223. The van der Waals surface area contributed by atoms with Gasteiger partial charge in [0.2, 0.25) is 0 Å². The summed E-state index contributed by atoms with van der Waals surface area (Å²) < 4.78 is 26.9. The van der Waals surface area contributed by atoms with E-state index in [9.17, 15) is 18.7 Å². The Bertz CT molecular complexity index is 1350. The molecule has 0 aliphatic heterocycles. The van der Waals surface area contributed by atoms with Gasteiger partial charge >= 0.3 is 0 Å². The number of aliphatic hydroxyl groups excluding tert-OH is 1. The lowest BCUT2D eigenvalue weighted by Crippen LogP contribution is -2.32. The third-order valence-corrected chi connectivity index (χ3v) is 7.76. The monoisotopic (exact) mass is 542 g/mol. The van der Waals surface area contributed by atoms with Gasteiger partial charge in [0.05, 0.1) is 23.6 Å². The van der Waals surface area contributed by atoms with Gasteiger partial charge in [-0.25, -0.2) is 9.29 Å². The van der Waals surface area contributed by atoms with Crippen LogP contribution in [0.1, 0.15) is 47.2 Å². The number of nitrogens with zero attached hydrogens (tertiary/aromatic N) is 3. The summed E-state index contributed by atoms with van der Waals surface area (Å²) in [6, 6.07) is 17.8. The number of aromatic nitrogens is 2. The van der Waals surface area contributed by atoms with E-state index in [1.54, 1.807) is 41.8 Å². The SMILES string of the molecule is CCCCc1nc(Cl)c(CO)n1Cc1ccc(-c2ccsc2N(C(=O)c2ccccc2)S(=O)[O-])cc1. The van der Waals surface area contributed by atoms with Gasteiger partial charge in [-0.15, -0.1) is 11.3 Å². The minimum absolute atomic E-state index is 0.202. The molecular formula is C26H25ClN3O4S2-. The normalized spacial score (nSPS) is 12.0. The molecule has 4 rings (SSSR count). The number of halogens is 1. The molecule has 2 heterocycles. The van der Waals surface area contributed by atoms with Crippen LogP contribution in [0, 0.1) is 0 Å². The predicted octanol–water partition coefficient (Wildman–Crippen LogP) is 5.59. The molecule has 1 amide bonds.